The molecule has 16 heavy (non-hydrogen) atoms. The van der Waals surface area contributed by atoms with Crippen molar-refractivity contribution in [2.45, 2.75) is 12.8 Å². The van der Waals surface area contributed by atoms with Crippen LogP contribution in [-0.2, 0) is 6.42 Å². The Bertz CT molecular complexity index is 448. The van der Waals surface area contributed by atoms with Crippen LogP contribution in [0.2, 0.25) is 0 Å². The van der Waals surface area contributed by atoms with Crippen LogP contribution in [0.3, 0.4) is 0 Å². The van der Waals surface area contributed by atoms with Crippen LogP contribution in [0.15, 0.2) is 34.9 Å². The number of nitrogens with zero attached hydrogens (tertiary/aromatic N) is 1. The molecule has 0 spiro atoms. The molecule has 0 aliphatic rings. The molecule has 2 aromatic rings. The van der Waals surface area contributed by atoms with Crippen molar-refractivity contribution in [1.29, 1.82) is 0 Å². The van der Waals surface area contributed by atoms with E-state index in [2.05, 4.69) is 4.98 Å². The standard InChI is InChI=1S/C12H13NO3/c14-7-1-2-12-13-11(8-16-12)9-3-5-10(15)6-4-9/h3-6,8,14-15H,1-2,7H2. The zero-order chi connectivity index (χ0) is 11.4. The number of aliphatic hydroxyl groups excluding tert-OH is 1. The summed E-state index contributed by atoms with van der Waals surface area (Å²) < 4.78 is 5.27. The van der Waals surface area contributed by atoms with Gasteiger partial charge in [-0.3, -0.25) is 0 Å². The third-order valence-corrected chi connectivity index (χ3v) is 2.26. The van der Waals surface area contributed by atoms with Gasteiger partial charge in [0.05, 0.1) is 0 Å². The maximum Gasteiger partial charge on any atom is 0.194 e. The van der Waals surface area contributed by atoms with Crippen molar-refractivity contribution in [2.75, 3.05) is 6.61 Å². The van der Waals surface area contributed by atoms with Gasteiger partial charge >= 0.3 is 0 Å². The Morgan fingerprint density at radius 2 is 1.94 bits per heavy atom. The maximum atomic E-state index is 9.15. The van der Waals surface area contributed by atoms with Crippen LogP contribution in [-0.4, -0.2) is 21.8 Å². The second-order valence-corrected chi connectivity index (χ2v) is 3.50. The van der Waals surface area contributed by atoms with Crippen molar-refractivity contribution < 1.29 is 14.6 Å². The Hall–Kier alpha value is -1.81. The van der Waals surface area contributed by atoms with E-state index in [1.165, 1.54) is 0 Å². The fourth-order valence-corrected chi connectivity index (χ4v) is 1.42. The van der Waals surface area contributed by atoms with Crippen molar-refractivity contribution >= 4 is 0 Å². The van der Waals surface area contributed by atoms with Crippen molar-refractivity contribution in [3.8, 4) is 17.0 Å². The molecule has 2 rings (SSSR count). The number of aromatic hydroxyl groups is 1. The monoisotopic (exact) mass is 219 g/mol. The number of aryl methyl sites for hydroxylation is 1. The highest BCUT2D eigenvalue weighted by molar-refractivity contribution is 5.58. The van der Waals surface area contributed by atoms with Crippen molar-refractivity contribution in [1.82, 2.24) is 4.98 Å². The van der Waals surface area contributed by atoms with Gasteiger partial charge in [-0.05, 0) is 30.7 Å². The Labute approximate surface area is 93.2 Å². The molecular formula is C12H13NO3. The number of hydrogen-bond acceptors (Lipinski definition) is 4. The predicted molar refractivity (Wildman–Crippen MR) is 59.0 cm³/mol. The number of phenols is 1. The molecule has 0 saturated heterocycles. The Morgan fingerprint density at radius 3 is 2.62 bits per heavy atom. The fraction of sp³-hybridized carbons (Fsp3) is 0.250. The molecule has 0 aliphatic carbocycles. The number of benzene rings is 1. The zero-order valence-electron chi connectivity index (χ0n) is 8.76. The summed E-state index contributed by atoms with van der Waals surface area (Å²) in [6.45, 7) is 0.136. The quantitative estimate of drug-likeness (QED) is 0.825. The maximum absolute atomic E-state index is 9.15. The molecule has 0 aliphatic heterocycles. The van der Waals surface area contributed by atoms with Gasteiger partial charge in [0.1, 0.15) is 17.7 Å². The van der Waals surface area contributed by atoms with Crippen LogP contribution in [0, 0.1) is 0 Å². The van der Waals surface area contributed by atoms with Gasteiger partial charge in [0.2, 0.25) is 0 Å². The first-order valence-electron chi connectivity index (χ1n) is 5.14. The summed E-state index contributed by atoms with van der Waals surface area (Å²) in [6.07, 6.45) is 2.86. The summed E-state index contributed by atoms with van der Waals surface area (Å²) in [5.41, 5.74) is 1.64. The van der Waals surface area contributed by atoms with E-state index in [1.807, 2.05) is 0 Å². The normalized spacial score (nSPS) is 10.6. The van der Waals surface area contributed by atoms with Crippen LogP contribution in [0.1, 0.15) is 12.3 Å². The van der Waals surface area contributed by atoms with Gasteiger partial charge in [0.15, 0.2) is 5.89 Å². The smallest absolute Gasteiger partial charge is 0.194 e. The molecule has 1 heterocycles. The average molecular weight is 219 g/mol. The average Bonchev–Trinajstić information content (AvgIpc) is 2.76. The van der Waals surface area contributed by atoms with Crippen molar-refractivity contribution in [3.05, 3.63) is 36.4 Å². The first kappa shape index (κ1) is 10.7. The summed E-state index contributed by atoms with van der Waals surface area (Å²) in [5.74, 6) is 0.852. The predicted octanol–water partition coefficient (Wildman–Crippen LogP) is 1.97. The van der Waals surface area contributed by atoms with E-state index >= 15 is 0 Å². The molecular weight excluding hydrogens is 206 g/mol. The van der Waals surface area contributed by atoms with E-state index in [-0.39, 0.29) is 12.4 Å². The largest absolute Gasteiger partial charge is 0.508 e. The molecule has 1 aromatic carbocycles. The molecule has 0 bridgehead atoms. The van der Waals surface area contributed by atoms with E-state index in [9.17, 15) is 0 Å². The summed E-state index contributed by atoms with van der Waals surface area (Å²) in [6, 6.07) is 6.78. The van der Waals surface area contributed by atoms with Crippen LogP contribution in [0.4, 0.5) is 0 Å². The van der Waals surface area contributed by atoms with E-state index < -0.39 is 0 Å². The second kappa shape index (κ2) is 4.81. The second-order valence-electron chi connectivity index (χ2n) is 3.50. The Balaban J connectivity index is 2.15. The van der Waals surface area contributed by atoms with E-state index in [0.29, 0.717) is 18.7 Å². The molecule has 0 saturated carbocycles. The third-order valence-electron chi connectivity index (χ3n) is 2.26. The lowest BCUT2D eigenvalue weighted by molar-refractivity contribution is 0.283. The van der Waals surface area contributed by atoms with Gasteiger partial charge in [0, 0.05) is 18.6 Å². The molecule has 2 N–H and O–H groups in total. The van der Waals surface area contributed by atoms with Crippen LogP contribution >= 0.6 is 0 Å². The van der Waals surface area contributed by atoms with Crippen molar-refractivity contribution in [3.63, 3.8) is 0 Å². The molecule has 0 radical (unpaired) electrons. The summed E-state index contributed by atoms with van der Waals surface area (Å²) in [7, 11) is 0. The van der Waals surface area contributed by atoms with Crippen LogP contribution in [0.5, 0.6) is 5.75 Å². The minimum absolute atomic E-state index is 0.136. The molecule has 1 aromatic heterocycles. The van der Waals surface area contributed by atoms with Crippen LogP contribution < -0.4 is 0 Å². The molecule has 0 unspecified atom stereocenters. The highest BCUT2D eigenvalue weighted by atomic mass is 16.3. The highest BCUT2D eigenvalue weighted by Gasteiger charge is 2.05. The van der Waals surface area contributed by atoms with Crippen LogP contribution in [0.25, 0.3) is 11.3 Å². The topological polar surface area (TPSA) is 66.5 Å². The summed E-state index contributed by atoms with van der Waals surface area (Å²) in [4.78, 5) is 4.29. The molecule has 0 fully saturated rings. The van der Waals surface area contributed by atoms with Gasteiger partial charge in [-0.25, -0.2) is 4.98 Å². The third kappa shape index (κ3) is 2.41. The highest BCUT2D eigenvalue weighted by Crippen LogP contribution is 2.21. The lowest BCUT2D eigenvalue weighted by Gasteiger charge is -1.95. The first-order valence-corrected chi connectivity index (χ1v) is 5.14. The van der Waals surface area contributed by atoms with E-state index in [4.69, 9.17) is 14.6 Å². The molecule has 0 amide bonds. The number of rotatable bonds is 4. The number of phenolic OH excluding ortho intramolecular Hbond substituents is 1. The van der Waals surface area contributed by atoms with E-state index in [1.54, 1.807) is 30.5 Å². The minimum atomic E-state index is 0.136. The molecule has 84 valence electrons. The number of aliphatic hydroxyl groups is 1. The zero-order valence-corrected chi connectivity index (χ0v) is 8.76. The van der Waals surface area contributed by atoms with Gasteiger partial charge in [-0.2, -0.15) is 0 Å². The van der Waals surface area contributed by atoms with Gasteiger partial charge < -0.3 is 14.6 Å². The van der Waals surface area contributed by atoms with Gasteiger partial charge in [-0.1, -0.05) is 0 Å². The number of hydrogen-bond donors (Lipinski definition) is 2. The summed E-state index contributed by atoms with van der Waals surface area (Å²) >= 11 is 0. The lowest BCUT2D eigenvalue weighted by atomic mass is 10.2. The number of oxazole rings is 1. The van der Waals surface area contributed by atoms with Gasteiger partial charge in [-0.15, -0.1) is 0 Å². The first-order chi connectivity index (χ1) is 7.79. The molecule has 4 heteroatoms. The van der Waals surface area contributed by atoms with Crippen molar-refractivity contribution in [2.24, 2.45) is 0 Å². The molecule has 0 atom stereocenters. The summed E-state index contributed by atoms with van der Waals surface area (Å²) in [5, 5.41) is 17.8. The van der Waals surface area contributed by atoms with Gasteiger partial charge in [0.25, 0.3) is 0 Å². The molecule has 4 nitrogen and oxygen atoms in total. The SMILES string of the molecule is OCCCc1nc(-c2ccc(O)cc2)co1. The number of aromatic nitrogens is 1. The Kier molecular flexibility index (Phi) is 3.22. The Morgan fingerprint density at radius 1 is 1.19 bits per heavy atom. The lowest BCUT2D eigenvalue weighted by Crippen LogP contribution is -1.89. The minimum Gasteiger partial charge on any atom is -0.508 e. The van der Waals surface area contributed by atoms with E-state index in [0.717, 1.165) is 11.3 Å². The fourth-order valence-electron chi connectivity index (χ4n) is 1.42.